The lowest BCUT2D eigenvalue weighted by Crippen LogP contribution is -2.47. The molecule has 4 rings (SSSR count). The van der Waals surface area contributed by atoms with Crippen molar-refractivity contribution in [3.63, 3.8) is 0 Å². The third-order valence-corrected chi connectivity index (χ3v) is 8.30. The second-order valence-electron chi connectivity index (χ2n) is 7.05. The van der Waals surface area contributed by atoms with Crippen LogP contribution in [0.3, 0.4) is 0 Å². The third-order valence-electron chi connectivity index (χ3n) is 4.97. The minimum Gasteiger partial charge on any atom is -0.497 e. The van der Waals surface area contributed by atoms with E-state index in [-0.39, 0.29) is 17.2 Å². The maximum absolute atomic E-state index is 13.6. The van der Waals surface area contributed by atoms with Crippen molar-refractivity contribution in [2.45, 2.75) is 19.4 Å². The maximum atomic E-state index is 13.6. The maximum Gasteiger partial charge on any atom is 0.270 e. The molecule has 2 heterocycles. The summed E-state index contributed by atoms with van der Waals surface area (Å²) in [5.74, 6) is 0.364. The number of hydrogen-bond acceptors (Lipinski definition) is 7. The SMILES string of the molecule is COc1ccc2c(c1)-c1c(ssc1=S)C(C)(C)N2C(=O)c1cccc([N+](=O)[O-])c1. The van der Waals surface area contributed by atoms with Crippen LogP contribution in [-0.2, 0) is 5.54 Å². The molecule has 6 nitrogen and oxygen atoms in total. The van der Waals surface area contributed by atoms with E-state index in [0.717, 1.165) is 19.8 Å². The Labute approximate surface area is 179 Å². The Morgan fingerprint density at radius 1 is 1.21 bits per heavy atom. The topological polar surface area (TPSA) is 72.7 Å². The van der Waals surface area contributed by atoms with Crippen molar-refractivity contribution in [1.29, 1.82) is 0 Å². The Balaban J connectivity index is 1.95. The summed E-state index contributed by atoms with van der Waals surface area (Å²) in [4.78, 5) is 26.9. The smallest absolute Gasteiger partial charge is 0.270 e. The highest BCUT2D eigenvalue weighted by Gasteiger charge is 2.43. The molecular weight excluding hydrogens is 428 g/mol. The molecule has 0 saturated carbocycles. The van der Waals surface area contributed by atoms with E-state index in [1.54, 1.807) is 34.5 Å². The normalized spacial score (nSPS) is 14.1. The van der Waals surface area contributed by atoms with E-state index >= 15 is 0 Å². The highest BCUT2D eigenvalue weighted by Crippen LogP contribution is 2.53. The monoisotopic (exact) mass is 444 g/mol. The number of amides is 1. The average molecular weight is 445 g/mol. The van der Waals surface area contributed by atoms with Crippen molar-refractivity contribution in [2.24, 2.45) is 0 Å². The minimum absolute atomic E-state index is 0.118. The van der Waals surface area contributed by atoms with Crippen molar-refractivity contribution in [1.82, 2.24) is 0 Å². The molecule has 3 aromatic rings. The molecule has 0 aliphatic carbocycles. The molecule has 0 fully saturated rings. The fourth-order valence-corrected chi connectivity index (χ4v) is 6.86. The highest BCUT2D eigenvalue weighted by molar-refractivity contribution is 7.80. The Hall–Kier alpha value is -2.62. The van der Waals surface area contributed by atoms with Gasteiger partial charge in [0.05, 0.1) is 28.1 Å². The van der Waals surface area contributed by atoms with Gasteiger partial charge in [-0.3, -0.25) is 19.8 Å². The molecule has 0 unspecified atom stereocenters. The standard InChI is InChI=1S/C20H16N2O4S3/c1-20(2)17-16(19(27)29-28-17)14-10-13(26-3)7-8-15(14)21(20)18(23)11-5-4-6-12(9-11)22(24)25/h4-10H,1-3H3. The summed E-state index contributed by atoms with van der Waals surface area (Å²) < 4.78 is 6.15. The number of ether oxygens (including phenoxy) is 1. The van der Waals surface area contributed by atoms with Crippen LogP contribution < -0.4 is 9.64 Å². The minimum atomic E-state index is -0.670. The van der Waals surface area contributed by atoms with Gasteiger partial charge in [0, 0.05) is 28.8 Å². The van der Waals surface area contributed by atoms with E-state index in [4.69, 9.17) is 17.0 Å². The summed E-state index contributed by atoms with van der Waals surface area (Å²) in [5.41, 5.74) is 1.97. The molecule has 1 amide bonds. The summed E-state index contributed by atoms with van der Waals surface area (Å²) in [7, 11) is 4.65. The van der Waals surface area contributed by atoms with Crippen molar-refractivity contribution >= 4 is 50.2 Å². The number of fused-ring (bicyclic) bond motifs is 3. The van der Waals surface area contributed by atoms with Gasteiger partial charge >= 0.3 is 0 Å². The molecule has 1 aliphatic heterocycles. The number of benzene rings is 2. The van der Waals surface area contributed by atoms with Crippen LogP contribution in [-0.4, -0.2) is 17.9 Å². The lowest BCUT2D eigenvalue weighted by molar-refractivity contribution is -0.384. The van der Waals surface area contributed by atoms with Crippen molar-refractivity contribution < 1.29 is 14.5 Å². The second kappa shape index (κ2) is 7.01. The largest absolute Gasteiger partial charge is 0.497 e. The molecule has 9 heteroatoms. The second-order valence-corrected chi connectivity index (χ2v) is 9.86. The predicted octanol–water partition coefficient (Wildman–Crippen LogP) is 6.02. The molecule has 0 saturated heterocycles. The molecule has 1 aliphatic rings. The average Bonchev–Trinajstić information content (AvgIpc) is 3.10. The highest BCUT2D eigenvalue weighted by atomic mass is 32.9. The first-order valence-corrected chi connectivity index (χ1v) is 11.2. The zero-order valence-corrected chi connectivity index (χ0v) is 18.2. The number of non-ortho nitro benzene ring substituents is 1. The van der Waals surface area contributed by atoms with E-state index in [9.17, 15) is 14.9 Å². The number of rotatable bonds is 3. The van der Waals surface area contributed by atoms with Gasteiger partial charge in [-0.1, -0.05) is 39.0 Å². The molecule has 0 radical (unpaired) electrons. The molecule has 0 N–H and O–H groups in total. The number of carbonyl (C=O) groups excluding carboxylic acids is 1. The Morgan fingerprint density at radius 3 is 2.66 bits per heavy atom. The molecule has 1 aromatic heterocycles. The first-order chi connectivity index (χ1) is 13.8. The van der Waals surface area contributed by atoms with Gasteiger partial charge in [0.15, 0.2) is 0 Å². The first kappa shape index (κ1) is 19.7. The van der Waals surface area contributed by atoms with Crippen molar-refractivity contribution in [3.05, 3.63) is 66.8 Å². The van der Waals surface area contributed by atoms with Gasteiger partial charge in [0.25, 0.3) is 11.6 Å². The molecule has 0 atom stereocenters. The number of carbonyl (C=O) groups is 1. The van der Waals surface area contributed by atoms with Crippen LogP contribution in [0, 0.1) is 13.9 Å². The van der Waals surface area contributed by atoms with Crippen LogP contribution in [0.1, 0.15) is 29.1 Å². The molecule has 0 spiro atoms. The molecule has 2 aromatic carbocycles. The molecule has 0 bridgehead atoms. The van der Waals surface area contributed by atoms with Gasteiger partial charge in [-0.25, -0.2) is 0 Å². The molecule has 29 heavy (non-hydrogen) atoms. The zero-order chi connectivity index (χ0) is 20.9. The van der Waals surface area contributed by atoms with Gasteiger partial charge in [-0.05, 0) is 38.1 Å². The van der Waals surface area contributed by atoms with Gasteiger partial charge in [0.1, 0.15) is 9.57 Å². The van der Waals surface area contributed by atoms with Gasteiger partial charge in [-0.2, -0.15) is 0 Å². The summed E-state index contributed by atoms with van der Waals surface area (Å²) in [5, 5.41) is 11.2. The lowest BCUT2D eigenvalue weighted by atomic mass is 9.86. The van der Waals surface area contributed by atoms with Crippen LogP contribution >= 0.6 is 32.9 Å². The van der Waals surface area contributed by atoms with Gasteiger partial charge in [0.2, 0.25) is 0 Å². The fourth-order valence-electron chi connectivity index (χ4n) is 3.58. The van der Waals surface area contributed by atoms with Crippen molar-refractivity contribution in [2.75, 3.05) is 12.0 Å². The van der Waals surface area contributed by atoms with Crippen LogP contribution in [0.15, 0.2) is 42.5 Å². The van der Waals surface area contributed by atoms with E-state index in [1.165, 1.54) is 28.5 Å². The molecular formula is C20H16N2O4S3. The summed E-state index contributed by atoms with van der Waals surface area (Å²) >= 11 is 5.58. The van der Waals surface area contributed by atoms with E-state index in [1.807, 2.05) is 26.0 Å². The number of anilines is 1. The third kappa shape index (κ3) is 3.06. The number of hydrogen-bond donors (Lipinski definition) is 0. The summed E-state index contributed by atoms with van der Waals surface area (Å²) in [6, 6.07) is 11.3. The Bertz CT molecular complexity index is 1210. The van der Waals surface area contributed by atoms with E-state index in [0.29, 0.717) is 11.4 Å². The van der Waals surface area contributed by atoms with Crippen LogP contribution in [0.5, 0.6) is 5.75 Å². The first-order valence-electron chi connectivity index (χ1n) is 8.66. The van der Waals surface area contributed by atoms with E-state index in [2.05, 4.69) is 0 Å². The number of nitro benzene ring substituents is 1. The zero-order valence-electron chi connectivity index (χ0n) is 15.8. The number of methoxy groups -OCH3 is 1. The Kier molecular flexibility index (Phi) is 4.76. The summed E-state index contributed by atoms with van der Waals surface area (Å²) in [6.45, 7) is 3.93. The van der Waals surface area contributed by atoms with Crippen LogP contribution in [0.2, 0.25) is 0 Å². The van der Waals surface area contributed by atoms with Gasteiger partial charge in [-0.15, -0.1) is 0 Å². The Morgan fingerprint density at radius 2 is 1.97 bits per heavy atom. The fraction of sp³-hybridized carbons (Fsp3) is 0.200. The van der Waals surface area contributed by atoms with Crippen molar-refractivity contribution in [3.8, 4) is 16.9 Å². The predicted molar refractivity (Wildman–Crippen MR) is 118 cm³/mol. The quantitative estimate of drug-likeness (QED) is 0.214. The van der Waals surface area contributed by atoms with Crippen LogP contribution in [0.25, 0.3) is 11.1 Å². The summed E-state index contributed by atoms with van der Waals surface area (Å²) in [6.07, 6.45) is 0. The number of nitrogens with zero attached hydrogens (tertiary/aromatic N) is 2. The molecule has 148 valence electrons. The van der Waals surface area contributed by atoms with Crippen LogP contribution in [0.4, 0.5) is 11.4 Å². The van der Waals surface area contributed by atoms with Gasteiger partial charge < -0.3 is 4.74 Å². The number of nitro groups is 1. The lowest BCUT2D eigenvalue weighted by Gasteiger charge is -2.43. The van der Waals surface area contributed by atoms with E-state index < -0.39 is 10.5 Å².